The van der Waals surface area contributed by atoms with Gasteiger partial charge in [-0.2, -0.15) is 0 Å². The summed E-state index contributed by atoms with van der Waals surface area (Å²) in [6.45, 7) is 3.81. The minimum absolute atomic E-state index is 0.146. The SMILES string of the molecule is CCC(Nc1cc(Br)c(F)cc1C)c1ccccc1F. The number of halogens is 3. The van der Waals surface area contributed by atoms with Crippen LogP contribution in [0, 0.1) is 18.6 Å². The molecule has 0 amide bonds. The van der Waals surface area contributed by atoms with Crippen LogP contribution in [0.2, 0.25) is 0 Å². The van der Waals surface area contributed by atoms with Crippen molar-refractivity contribution in [1.29, 1.82) is 0 Å². The molecule has 4 heteroatoms. The summed E-state index contributed by atoms with van der Waals surface area (Å²) >= 11 is 3.17. The fourth-order valence-corrected chi connectivity index (χ4v) is 2.49. The summed E-state index contributed by atoms with van der Waals surface area (Å²) in [5, 5.41) is 3.29. The van der Waals surface area contributed by atoms with Crippen LogP contribution in [0.15, 0.2) is 40.9 Å². The average Bonchev–Trinajstić information content (AvgIpc) is 2.42. The van der Waals surface area contributed by atoms with Gasteiger partial charge >= 0.3 is 0 Å². The Morgan fingerprint density at radius 1 is 1.15 bits per heavy atom. The summed E-state index contributed by atoms with van der Waals surface area (Å²) in [7, 11) is 0. The van der Waals surface area contributed by atoms with Crippen molar-refractivity contribution < 1.29 is 8.78 Å². The van der Waals surface area contributed by atoms with Gasteiger partial charge in [0.15, 0.2) is 0 Å². The fraction of sp³-hybridized carbons (Fsp3) is 0.250. The van der Waals surface area contributed by atoms with E-state index in [9.17, 15) is 8.78 Å². The van der Waals surface area contributed by atoms with Gasteiger partial charge in [0.1, 0.15) is 11.6 Å². The minimum Gasteiger partial charge on any atom is -0.378 e. The van der Waals surface area contributed by atoms with Crippen molar-refractivity contribution in [2.45, 2.75) is 26.3 Å². The van der Waals surface area contributed by atoms with E-state index in [1.54, 1.807) is 18.2 Å². The monoisotopic (exact) mass is 339 g/mol. The van der Waals surface area contributed by atoms with Gasteiger partial charge in [-0.25, -0.2) is 8.78 Å². The lowest BCUT2D eigenvalue weighted by molar-refractivity contribution is 0.587. The van der Waals surface area contributed by atoms with Gasteiger partial charge in [-0.05, 0) is 53.0 Å². The number of nitrogens with one attached hydrogen (secondary N) is 1. The molecule has 1 N–H and O–H groups in total. The summed E-state index contributed by atoms with van der Waals surface area (Å²) in [6, 6.07) is 9.71. The zero-order chi connectivity index (χ0) is 14.7. The van der Waals surface area contributed by atoms with Crippen LogP contribution in [-0.4, -0.2) is 0 Å². The topological polar surface area (TPSA) is 12.0 Å². The Balaban J connectivity index is 2.32. The molecule has 0 fully saturated rings. The smallest absolute Gasteiger partial charge is 0.137 e. The van der Waals surface area contributed by atoms with Crippen LogP contribution < -0.4 is 5.32 Å². The van der Waals surface area contributed by atoms with E-state index < -0.39 is 0 Å². The van der Waals surface area contributed by atoms with Gasteiger partial charge in [-0.1, -0.05) is 25.1 Å². The summed E-state index contributed by atoms with van der Waals surface area (Å²) in [4.78, 5) is 0. The molecular formula is C16H16BrF2N. The van der Waals surface area contributed by atoms with Crippen LogP contribution in [0.1, 0.15) is 30.5 Å². The van der Waals surface area contributed by atoms with Gasteiger partial charge in [0, 0.05) is 11.3 Å². The third kappa shape index (κ3) is 3.18. The van der Waals surface area contributed by atoms with E-state index >= 15 is 0 Å². The number of rotatable bonds is 4. The lowest BCUT2D eigenvalue weighted by atomic mass is 10.0. The number of hydrogen-bond acceptors (Lipinski definition) is 1. The summed E-state index contributed by atoms with van der Waals surface area (Å²) in [6.07, 6.45) is 0.732. The molecule has 2 aromatic carbocycles. The van der Waals surface area contributed by atoms with Crippen molar-refractivity contribution >= 4 is 21.6 Å². The van der Waals surface area contributed by atoms with Crippen molar-refractivity contribution in [2.24, 2.45) is 0 Å². The van der Waals surface area contributed by atoms with Crippen LogP contribution in [0.3, 0.4) is 0 Å². The zero-order valence-corrected chi connectivity index (χ0v) is 13.0. The highest BCUT2D eigenvalue weighted by Gasteiger charge is 2.15. The standard InChI is InChI=1S/C16H16BrF2N/c1-3-15(11-6-4-5-7-13(11)18)20-16-9-12(17)14(19)8-10(16)2/h4-9,15,20H,3H2,1-2H3. The first-order valence-corrected chi connectivity index (χ1v) is 7.28. The number of benzene rings is 2. The van der Waals surface area contributed by atoms with Gasteiger partial charge < -0.3 is 5.32 Å². The van der Waals surface area contributed by atoms with Gasteiger partial charge in [0.2, 0.25) is 0 Å². The highest BCUT2D eigenvalue weighted by atomic mass is 79.9. The van der Waals surface area contributed by atoms with E-state index in [-0.39, 0.29) is 17.7 Å². The Morgan fingerprint density at radius 2 is 1.85 bits per heavy atom. The van der Waals surface area contributed by atoms with Crippen LogP contribution in [0.4, 0.5) is 14.5 Å². The van der Waals surface area contributed by atoms with Crippen molar-refractivity contribution in [3.05, 3.63) is 63.6 Å². The maximum Gasteiger partial charge on any atom is 0.137 e. The second-order valence-electron chi connectivity index (χ2n) is 4.71. The molecule has 0 saturated heterocycles. The number of anilines is 1. The van der Waals surface area contributed by atoms with Crippen molar-refractivity contribution in [2.75, 3.05) is 5.32 Å². The van der Waals surface area contributed by atoms with E-state index in [0.29, 0.717) is 10.0 Å². The average molecular weight is 340 g/mol. The summed E-state index contributed by atoms with van der Waals surface area (Å²) < 4.78 is 27.7. The second-order valence-corrected chi connectivity index (χ2v) is 5.56. The first-order valence-electron chi connectivity index (χ1n) is 6.49. The molecule has 2 rings (SSSR count). The Labute approximate surface area is 126 Å². The van der Waals surface area contributed by atoms with E-state index in [2.05, 4.69) is 21.2 Å². The quantitative estimate of drug-likeness (QED) is 0.764. The number of hydrogen-bond donors (Lipinski definition) is 1. The number of aryl methyl sites for hydroxylation is 1. The molecule has 0 radical (unpaired) electrons. The Bertz CT molecular complexity index is 613. The van der Waals surface area contributed by atoms with Crippen molar-refractivity contribution in [3.8, 4) is 0 Å². The fourth-order valence-electron chi connectivity index (χ4n) is 2.15. The molecule has 0 aliphatic rings. The summed E-state index contributed by atoms with van der Waals surface area (Å²) in [5.41, 5.74) is 2.21. The molecule has 1 nitrogen and oxygen atoms in total. The zero-order valence-electron chi connectivity index (χ0n) is 11.4. The third-order valence-corrected chi connectivity index (χ3v) is 3.89. The lowest BCUT2D eigenvalue weighted by Crippen LogP contribution is -2.12. The first-order chi connectivity index (χ1) is 9.52. The molecule has 20 heavy (non-hydrogen) atoms. The second kappa shape index (κ2) is 6.35. The Hall–Kier alpha value is -1.42. The van der Waals surface area contributed by atoms with Crippen molar-refractivity contribution in [1.82, 2.24) is 0 Å². The maximum atomic E-state index is 13.9. The van der Waals surface area contributed by atoms with Gasteiger partial charge in [0.25, 0.3) is 0 Å². The predicted molar refractivity (Wildman–Crippen MR) is 81.9 cm³/mol. The molecule has 0 bridgehead atoms. The molecule has 1 atom stereocenters. The highest BCUT2D eigenvalue weighted by Crippen LogP contribution is 2.29. The molecule has 106 valence electrons. The van der Waals surface area contributed by atoms with E-state index in [0.717, 1.165) is 17.7 Å². The molecule has 0 saturated carbocycles. The molecule has 0 aliphatic carbocycles. The molecule has 0 aromatic heterocycles. The highest BCUT2D eigenvalue weighted by molar-refractivity contribution is 9.10. The van der Waals surface area contributed by atoms with Crippen LogP contribution in [0.5, 0.6) is 0 Å². The predicted octanol–water partition coefficient (Wildman–Crippen LogP) is 5.60. The maximum absolute atomic E-state index is 13.9. The molecule has 0 aliphatic heterocycles. The van der Waals surface area contributed by atoms with Gasteiger partial charge in [-0.3, -0.25) is 0 Å². The van der Waals surface area contributed by atoms with Crippen molar-refractivity contribution in [3.63, 3.8) is 0 Å². The minimum atomic E-state index is -0.299. The molecule has 1 unspecified atom stereocenters. The van der Waals surface area contributed by atoms with Gasteiger partial charge in [-0.15, -0.1) is 0 Å². The van der Waals surface area contributed by atoms with E-state index in [1.807, 2.05) is 19.9 Å². The molecule has 2 aromatic rings. The van der Waals surface area contributed by atoms with Gasteiger partial charge in [0.05, 0.1) is 10.5 Å². The Kier molecular flexibility index (Phi) is 4.76. The molecule has 0 heterocycles. The van der Waals surface area contributed by atoms with Crippen LogP contribution in [0.25, 0.3) is 0 Å². The normalized spacial score (nSPS) is 12.2. The van der Waals surface area contributed by atoms with Crippen LogP contribution in [-0.2, 0) is 0 Å². The lowest BCUT2D eigenvalue weighted by Gasteiger charge is -2.21. The van der Waals surface area contributed by atoms with Crippen LogP contribution >= 0.6 is 15.9 Å². The summed E-state index contributed by atoms with van der Waals surface area (Å²) in [5.74, 6) is -0.530. The van der Waals surface area contributed by atoms with E-state index in [4.69, 9.17) is 0 Å². The third-order valence-electron chi connectivity index (χ3n) is 3.29. The molecular weight excluding hydrogens is 324 g/mol. The Morgan fingerprint density at radius 3 is 2.50 bits per heavy atom. The molecule has 0 spiro atoms. The largest absolute Gasteiger partial charge is 0.378 e. The van der Waals surface area contributed by atoms with E-state index in [1.165, 1.54) is 12.1 Å². The first kappa shape index (κ1) is 15.0.